The molecule has 4 aromatic rings. The molecule has 0 unspecified atom stereocenters. The Balaban J connectivity index is 1.39. The molecule has 0 aliphatic carbocycles. The van der Waals surface area contributed by atoms with E-state index in [0.29, 0.717) is 16.5 Å². The van der Waals surface area contributed by atoms with Crippen molar-refractivity contribution in [2.75, 3.05) is 0 Å². The Bertz CT molecular complexity index is 1300. The van der Waals surface area contributed by atoms with Gasteiger partial charge in [-0.2, -0.15) is 22.8 Å². The molecule has 0 radical (unpaired) electrons. The first-order valence-corrected chi connectivity index (χ1v) is 8.79. The molecule has 31 heavy (non-hydrogen) atoms. The maximum Gasteiger partial charge on any atom is 0.416 e. The van der Waals surface area contributed by atoms with E-state index in [0.717, 1.165) is 16.8 Å². The van der Waals surface area contributed by atoms with Gasteiger partial charge < -0.3 is 9.26 Å². The first-order chi connectivity index (χ1) is 14.8. The van der Waals surface area contributed by atoms with Crippen LogP contribution in [0.5, 0.6) is 0 Å². The molecule has 0 spiro atoms. The molecular formula is C19H12F3N5O4. The second-order valence-corrected chi connectivity index (χ2v) is 6.32. The summed E-state index contributed by atoms with van der Waals surface area (Å²) < 4.78 is 48.7. The van der Waals surface area contributed by atoms with Gasteiger partial charge >= 0.3 is 12.1 Å². The molecule has 0 fully saturated rings. The lowest BCUT2D eigenvalue weighted by molar-refractivity contribution is -0.146. The van der Waals surface area contributed by atoms with Crippen molar-refractivity contribution >= 4 is 16.9 Å². The van der Waals surface area contributed by atoms with E-state index in [1.54, 1.807) is 24.3 Å². The predicted octanol–water partition coefficient (Wildman–Crippen LogP) is 2.60. The van der Waals surface area contributed by atoms with Crippen LogP contribution >= 0.6 is 0 Å². The fourth-order valence-electron chi connectivity index (χ4n) is 2.68. The Morgan fingerprint density at radius 1 is 1.10 bits per heavy atom. The Labute approximate surface area is 171 Å². The Morgan fingerprint density at radius 3 is 2.58 bits per heavy atom. The van der Waals surface area contributed by atoms with Crippen LogP contribution < -0.4 is 5.56 Å². The number of ether oxygens (including phenoxy) is 1. The molecule has 2 aromatic heterocycles. The minimum atomic E-state index is -4.45. The first-order valence-electron chi connectivity index (χ1n) is 8.79. The van der Waals surface area contributed by atoms with Gasteiger partial charge in [-0.3, -0.25) is 9.59 Å². The van der Waals surface area contributed by atoms with Crippen LogP contribution in [0.3, 0.4) is 0 Å². The highest BCUT2D eigenvalue weighted by Crippen LogP contribution is 2.30. The van der Waals surface area contributed by atoms with Gasteiger partial charge in [0.2, 0.25) is 5.82 Å². The number of esters is 1. The predicted molar refractivity (Wildman–Crippen MR) is 98.3 cm³/mol. The van der Waals surface area contributed by atoms with E-state index in [1.165, 1.54) is 12.1 Å². The summed E-state index contributed by atoms with van der Waals surface area (Å²) in [6.07, 6.45) is -4.45. The molecule has 2 heterocycles. The van der Waals surface area contributed by atoms with Crippen LogP contribution in [0.1, 0.15) is 11.5 Å². The molecule has 12 heteroatoms. The molecule has 9 nitrogen and oxygen atoms in total. The van der Waals surface area contributed by atoms with Crippen molar-refractivity contribution in [1.82, 2.24) is 25.1 Å². The van der Waals surface area contributed by atoms with Gasteiger partial charge in [0.1, 0.15) is 12.1 Å². The van der Waals surface area contributed by atoms with E-state index in [2.05, 4.69) is 20.5 Å². The van der Waals surface area contributed by atoms with Crippen molar-refractivity contribution < 1.29 is 27.2 Å². The zero-order valence-corrected chi connectivity index (χ0v) is 15.5. The van der Waals surface area contributed by atoms with Crippen LogP contribution in [0, 0.1) is 0 Å². The molecule has 0 atom stereocenters. The third-order valence-corrected chi connectivity index (χ3v) is 4.20. The van der Waals surface area contributed by atoms with E-state index < -0.39 is 29.8 Å². The second kappa shape index (κ2) is 7.97. The van der Waals surface area contributed by atoms with Crippen molar-refractivity contribution in [3.63, 3.8) is 0 Å². The molecule has 0 aliphatic heterocycles. The zero-order chi connectivity index (χ0) is 22.0. The lowest BCUT2D eigenvalue weighted by atomic mass is 10.1. The van der Waals surface area contributed by atoms with Gasteiger partial charge in [-0.1, -0.05) is 34.6 Å². The summed E-state index contributed by atoms with van der Waals surface area (Å²) in [5.41, 5.74) is -0.600. The minimum Gasteiger partial charge on any atom is -0.454 e. The summed E-state index contributed by atoms with van der Waals surface area (Å²) >= 11 is 0. The van der Waals surface area contributed by atoms with Crippen LogP contribution in [-0.2, 0) is 28.9 Å². The molecule has 0 bridgehead atoms. The first kappa shape index (κ1) is 20.2. The summed E-state index contributed by atoms with van der Waals surface area (Å²) in [5.74, 6) is -0.822. The number of rotatable bonds is 5. The van der Waals surface area contributed by atoms with Crippen LogP contribution in [0.25, 0.3) is 22.3 Å². The third-order valence-electron chi connectivity index (χ3n) is 4.20. The van der Waals surface area contributed by atoms with Crippen molar-refractivity contribution in [3.05, 3.63) is 70.3 Å². The Morgan fingerprint density at radius 2 is 1.84 bits per heavy atom. The fraction of sp³-hybridized carbons (Fsp3) is 0.158. The summed E-state index contributed by atoms with van der Waals surface area (Å²) in [6, 6.07) is 10.8. The van der Waals surface area contributed by atoms with E-state index >= 15 is 0 Å². The Hall–Kier alpha value is -4.09. The second-order valence-electron chi connectivity index (χ2n) is 6.32. The smallest absolute Gasteiger partial charge is 0.416 e. The molecule has 0 saturated heterocycles. The topological polar surface area (TPSA) is 113 Å². The van der Waals surface area contributed by atoms with Gasteiger partial charge in [0.15, 0.2) is 6.61 Å². The SMILES string of the molecule is O=C(Cn1nnc2ccccc2c1=O)OCc1nc(-c2ccc(C(F)(F)F)cc2)no1. The average molecular weight is 431 g/mol. The molecule has 0 N–H and O–H groups in total. The highest BCUT2D eigenvalue weighted by Gasteiger charge is 2.30. The lowest BCUT2D eigenvalue weighted by Crippen LogP contribution is -2.28. The van der Waals surface area contributed by atoms with Gasteiger partial charge in [-0.15, -0.1) is 5.10 Å². The van der Waals surface area contributed by atoms with E-state index in [9.17, 15) is 22.8 Å². The number of alkyl halides is 3. The minimum absolute atomic E-state index is 0.0383. The Kier molecular flexibility index (Phi) is 5.19. The molecule has 0 aliphatic rings. The number of hydrogen-bond donors (Lipinski definition) is 0. The molecular weight excluding hydrogens is 419 g/mol. The van der Waals surface area contributed by atoms with Crippen molar-refractivity contribution in [3.8, 4) is 11.4 Å². The van der Waals surface area contributed by atoms with Crippen molar-refractivity contribution in [2.45, 2.75) is 19.3 Å². The number of benzene rings is 2. The number of carbonyl (C=O) groups is 1. The van der Waals surface area contributed by atoms with Crippen molar-refractivity contribution in [1.29, 1.82) is 0 Å². The summed E-state index contributed by atoms with van der Waals surface area (Å²) in [6.45, 7) is -0.862. The van der Waals surface area contributed by atoms with E-state index in [1.807, 2.05) is 0 Å². The van der Waals surface area contributed by atoms with E-state index in [4.69, 9.17) is 9.26 Å². The van der Waals surface area contributed by atoms with Gasteiger partial charge in [0.05, 0.1) is 10.9 Å². The van der Waals surface area contributed by atoms with Crippen LogP contribution in [-0.4, -0.2) is 31.1 Å². The summed E-state index contributed by atoms with van der Waals surface area (Å²) in [7, 11) is 0. The maximum atomic E-state index is 12.6. The summed E-state index contributed by atoms with van der Waals surface area (Å²) in [4.78, 5) is 28.3. The largest absolute Gasteiger partial charge is 0.454 e. The monoisotopic (exact) mass is 431 g/mol. The lowest BCUT2D eigenvalue weighted by Gasteiger charge is -2.05. The number of hydrogen-bond acceptors (Lipinski definition) is 8. The van der Waals surface area contributed by atoms with Gasteiger partial charge in [0.25, 0.3) is 11.4 Å². The molecule has 0 saturated carbocycles. The standard InChI is InChI=1S/C19H12F3N5O4/c20-19(21,22)12-7-5-11(6-8-12)17-23-15(31-25-17)10-30-16(28)9-27-18(29)13-3-1-2-4-14(13)24-26-27/h1-8H,9-10H2. The highest BCUT2D eigenvalue weighted by atomic mass is 19.4. The number of aromatic nitrogens is 5. The maximum absolute atomic E-state index is 12.6. The van der Waals surface area contributed by atoms with Crippen molar-refractivity contribution in [2.24, 2.45) is 0 Å². The van der Waals surface area contributed by atoms with Gasteiger partial charge in [-0.05, 0) is 24.3 Å². The number of nitrogens with zero attached hydrogens (tertiary/aromatic N) is 5. The van der Waals surface area contributed by atoms with Crippen LogP contribution in [0.2, 0.25) is 0 Å². The normalized spacial score (nSPS) is 11.6. The quantitative estimate of drug-likeness (QED) is 0.443. The van der Waals surface area contributed by atoms with E-state index in [-0.39, 0.29) is 18.3 Å². The summed E-state index contributed by atoms with van der Waals surface area (Å²) in [5, 5.41) is 11.5. The average Bonchev–Trinajstić information content (AvgIpc) is 3.23. The van der Waals surface area contributed by atoms with Crippen LogP contribution in [0.15, 0.2) is 57.8 Å². The zero-order valence-electron chi connectivity index (χ0n) is 15.5. The van der Waals surface area contributed by atoms with Gasteiger partial charge in [0, 0.05) is 5.56 Å². The third kappa shape index (κ3) is 4.42. The molecule has 158 valence electrons. The molecule has 0 amide bonds. The highest BCUT2D eigenvalue weighted by molar-refractivity contribution is 5.77. The van der Waals surface area contributed by atoms with Gasteiger partial charge in [-0.25, -0.2) is 0 Å². The number of halogens is 3. The molecule has 2 aromatic carbocycles. The van der Waals surface area contributed by atoms with Crippen LogP contribution in [0.4, 0.5) is 13.2 Å². The molecule has 4 rings (SSSR count). The number of fused-ring (bicyclic) bond motifs is 1. The number of carbonyl (C=O) groups excluding carboxylic acids is 1. The fourth-order valence-corrected chi connectivity index (χ4v) is 2.68.